The van der Waals surface area contributed by atoms with E-state index in [4.69, 9.17) is 14.9 Å². The predicted octanol–water partition coefficient (Wildman–Crippen LogP) is 7.25. The Labute approximate surface area is 217 Å². The molecule has 1 unspecified atom stereocenters. The lowest BCUT2D eigenvalue weighted by Gasteiger charge is -2.25. The maximum absolute atomic E-state index is 14.3. The molecule has 0 saturated carbocycles. The number of methoxy groups -OCH3 is 2. The van der Waals surface area contributed by atoms with Crippen molar-refractivity contribution in [3.63, 3.8) is 0 Å². The first-order chi connectivity index (χ1) is 18.2. The highest BCUT2D eigenvalue weighted by atomic mass is 19.4. The van der Waals surface area contributed by atoms with Crippen LogP contribution in [0.2, 0.25) is 0 Å². The Balaban J connectivity index is 0.000000317. The summed E-state index contributed by atoms with van der Waals surface area (Å²) in [6.07, 6.45) is 2.67. The van der Waals surface area contributed by atoms with Crippen molar-refractivity contribution in [1.82, 2.24) is 9.55 Å². The van der Waals surface area contributed by atoms with Crippen LogP contribution >= 0.6 is 0 Å². The maximum Gasteiger partial charge on any atom is 0.393 e. The number of aromatic amines is 1. The second-order valence-electron chi connectivity index (χ2n) is 8.89. The molecule has 5 rings (SSSR count). The lowest BCUT2D eigenvalue weighted by molar-refractivity contribution is -0.127. The molecule has 2 aromatic heterocycles. The van der Waals surface area contributed by atoms with E-state index in [0.29, 0.717) is 12.2 Å². The Morgan fingerprint density at radius 2 is 1.95 bits per heavy atom. The van der Waals surface area contributed by atoms with Gasteiger partial charge in [-0.3, -0.25) is 5.41 Å². The topological polar surface area (TPSA) is 72.3 Å². The van der Waals surface area contributed by atoms with Crippen molar-refractivity contribution in [2.45, 2.75) is 38.1 Å². The molecule has 38 heavy (non-hydrogen) atoms. The number of hydrogen-bond acceptors (Lipinski definition) is 4. The van der Waals surface area contributed by atoms with Crippen molar-refractivity contribution in [2.24, 2.45) is 0 Å². The summed E-state index contributed by atoms with van der Waals surface area (Å²) in [5, 5.41) is 8.11. The number of fused-ring (bicyclic) bond motifs is 1. The van der Waals surface area contributed by atoms with Crippen LogP contribution in [0.3, 0.4) is 0 Å². The molecular weight excluding hydrogens is 502 g/mol. The average molecular weight is 532 g/mol. The zero-order valence-electron chi connectivity index (χ0n) is 21.1. The minimum absolute atomic E-state index is 0.0258. The average Bonchev–Trinajstić information content (AvgIpc) is 3.59. The maximum atomic E-state index is 14.3. The smallest absolute Gasteiger partial charge is 0.393 e. The van der Waals surface area contributed by atoms with E-state index in [9.17, 15) is 17.6 Å². The highest BCUT2D eigenvalue weighted by molar-refractivity contribution is 5.91. The van der Waals surface area contributed by atoms with Gasteiger partial charge in [-0.05, 0) is 71.7 Å². The number of benzene rings is 2. The van der Waals surface area contributed by atoms with Gasteiger partial charge in [0, 0.05) is 25.2 Å². The normalized spacial score (nSPS) is 15.6. The minimum atomic E-state index is -4.42. The largest absolute Gasteiger partial charge is 0.494 e. The highest BCUT2D eigenvalue weighted by Gasteiger charge is 2.30. The molecule has 6 nitrogen and oxygen atoms in total. The van der Waals surface area contributed by atoms with Crippen molar-refractivity contribution >= 4 is 16.8 Å². The summed E-state index contributed by atoms with van der Waals surface area (Å²) in [5.74, 6) is -0.705. The van der Waals surface area contributed by atoms with E-state index in [1.807, 2.05) is 22.9 Å². The number of rotatable bonds is 5. The zero-order chi connectivity index (χ0) is 27.3. The molecule has 202 valence electrons. The lowest BCUT2D eigenvalue weighted by Crippen LogP contribution is -2.17. The van der Waals surface area contributed by atoms with Gasteiger partial charge in [-0.15, -0.1) is 0 Å². The zero-order valence-corrected chi connectivity index (χ0v) is 21.1. The Morgan fingerprint density at radius 1 is 1.13 bits per heavy atom. The predicted molar refractivity (Wildman–Crippen MR) is 137 cm³/mol. The van der Waals surface area contributed by atoms with Crippen molar-refractivity contribution in [3.8, 4) is 16.9 Å². The second kappa shape index (κ2) is 11.7. The molecule has 0 bridgehead atoms. The van der Waals surface area contributed by atoms with E-state index in [0.717, 1.165) is 47.9 Å². The van der Waals surface area contributed by atoms with E-state index >= 15 is 0 Å². The summed E-state index contributed by atoms with van der Waals surface area (Å²) in [5.41, 5.74) is 2.33. The number of hydrogen-bond donors (Lipinski definition) is 2. The van der Waals surface area contributed by atoms with Gasteiger partial charge in [0.15, 0.2) is 11.6 Å². The Morgan fingerprint density at radius 3 is 2.58 bits per heavy atom. The van der Waals surface area contributed by atoms with Crippen LogP contribution in [0.1, 0.15) is 36.6 Å². The first kappa shape index (κ1) is 27.3. The summed E-state index contributed by atoms with van der Waals surface area (Å²) in [6, 6.07) is 11.3. The standard InChI is InChI=1S/C22H21F4NO2.C6H8N2O/c1-28-20-11-16(13-22(24,25)26)17(12-18(20)23)15-6-5-14-7-8-27(19(14)10-15)21-4-2-3-9-29-21;1-9-6(7)5-2-3-8-4-5/h5-8,10-12,21H,2-4,9,13H2,1H3;2-4,7-8H,1H3. The van der Waals surface area contributed by atoms with Gasteiger partial charge in [0.1, 0.15) is 6.23 Å². The first-order valence-electron chi connectivity index (χ1n) is 12.1. The second-order valence-corrected chi connectivity index (χ2v) is 8.89. The van der Waals surface area contributed by atoms with Crippen LogP contribution < -0.4 is 4.74 Å². The van der Waals surface area contributed by atoms with Crippen LogP contribution in [0, 0.1) is 11.2 Å². The number of nitrogens with zero attached hydrogens (tertiary/aromatic N) is 1. The van der Waals surface area contributed by atoms with Crippen LogP contribution in [0.25, 0.3) is 22.0 Å². The molecule has 0 spiro atoms. The van der Waals surface area contributed by atoms with E-state index in [-0.39, 0.29) is 29.0 Å². The van der Waals surface area contributed by atoms with Gasteiger partial charge in [-0.2, -0.15) is 13.2 Å². The molecule has 0 radical (unpaired) electrons. The number of alkyl halides is 3. The monoisotopic (exact) mass is 531 g/mol. The van der Waals surface area contributed by atoms with Gasteiger partial charge in [-0.1, -0.05) is 12.1 Å². The van der Waals surface area contributed by atoms with Crippen molar-refractivity contribution < 1.29 is 31.8 Å². The lowest BCUT2D eigenvalue weighted by atomic mass is 9.96. The minimum Gasteiger partial charge on any atom is -0.494 e. The molecule has 1 saturated heterocycles. The van der Waals surface area contributed by atoms with Gasteiger partial charge < -0.3 is 23.8 Å². The van der Waals surface area contributed by atoms with E-state index < -0.39 is 18.4 Å². The molecule has 10 heteroatoms. The van der Waals surface area contributed by atoms with Crippen LogP contribution in [0.4, 0.5) is 17.6 Å². The quantitative estimate of drug-likeness (QED) is 0.162. The number of H-pyrrole nitrogens is 1. The van der Waals surface area contributed by atoms with Crippen molar-refractivity contribution in [2.75, 3.05) is 20.8 Å². The molecule has 2 N–H and O–H groups in total. The fourth-order valence-electron chi connectivity index (χ4n) is 4.48. The molecule has 1 aliphatic heterocycles. The fraction of sp³-hybridized carbons (Fsp3) is 0.321. The number of halogens is 4. The van der Waals surface area contributed by atoms with Gasteiger partial charge >= 0.3 is 6.18 Å². The van der Waals surface area contributed by atoms with Crippen molar-refractivity contribution in [3.05, 3.63) is 78.0 Å². The third-order valence-electron chi connectivity index (χ3n) is 6.33. The van der Waals surface area contributed by atoms with Gasteiger partial charge in [0.25, 0.3) is 0 Å². The Bertz CT molecular complexity index is 1370. The number of ether oxygens (including phenoxy) is 3. The van der Waals surface area contributed by atoms with Crippen LogP contribution in [-0.4, -0.2) is 42.5 Å². The van der Waals surface area contributed by atoms with Gasteiger partial charge in [0.2, 0.25) is 5.90 Å². The fourth-order valence-corrected chi connectivity index (χ4v) is 4.48. The SMILES string of the molecule is COC(=N)c1cc[nH]c1.COc1cc(CC(F)(F)F)c(-c2ccc3ccn(C4CCCCO4)c3c2)cc1F. The summed E-state index contributed by atoms with van der Waals surface area (Å²) >= 11 is 0. The molecule has 3 heterocycles. The van der Waals surface area contributed by atoms with E-state index in [1.165, 1.54) is 14.2 Å². The summed E-state index contributed by atoms with van der Waals surface area (Å²) in [6.45, 7) is 0.684. The molecule has 0 amide bonds. The number of nitrogens with one attached hydrogen (secondary N) is 2. The van der Waals surface area contributed by atoms with Crippen LogP contribution in [0.5, 0.6) is 5.75 Å². The van der Waals surface area contributed by atoms with Crippen LogP contribution in [0.15, 0.2) is 61.1 Å². The molecule has 0 aliphatic carbocycles. The molecular formula is C28H29F4N3O3. The third-order valence-corrected chi connectivity index (χ3v) is 6.33. The number of aromatic nitrogens is 2. The Hall–Kier alpha value is -3.79. The summed E-state index contributed by atoms with van der Waals surface area (Å²) in [4.78, 5) is 2.82. The molecule has 1 aliphatic rings. The molecule has 1 fully saturated rings. The highest BCUT2D eigenvalue weighted by Crippen LogP contribution is 2.36. The van der Waals surface area contributed by atoms with Gasteiger partial charge in [0.05, 0.1) is 31.7 Å². The Kier molecular flexibility index (Phi) is 8.41. The molecule has 2 aromatic carbocycles. The van der Waals surface area contributed by atoms with Crippen molar-refractivity contribution in [1.29, 1.82) is 5.41 Å². The van der Waals surface area contributed by atoms with Crippen LogP contribution in [-0.2, 0) is 15.9 Å². The van der Waals surface area contributed by atoms with Gasteiger partial charge in [-0.25, -0.2) is 4.39 Å². The summed E-state index contributed by atoms with van der Waals surface area (Å²) in [7, 11) is 2.72. The summed E-state index contributed by atoms with van der Waals surface area (Å²) < 4.78 is 71.1. The van der Waals surface area contributed by atoms with E-state index in [1.54, 1.807) is 30.6 Å². The third kappa shape index (κ3) is 6.36. The molecule has 1 atom stereocenters. The van der Waals surface area contributed by atoms with E-state index in [2.05, 4.69) is 9.72 Å². The molecule has 4 aromatic rings. The first-order valence-corrected chi connectivity index (χ1v) is 12.1.